The predicted molar refractivity (Wildman–Crippen MR) is 78.9 cm³/mol. The van der Waals surface area contributed by atoms with E-state index in [1.807, 2.05) is 31.2 Å². The SMILES string of the molecule is CCOC(=O)C1=C(N)NC(C)=CC1c1cccc(Cl)c1. The van der Waals surface area contributed by atoms with E-state index in [2.05, 4.69) is 5.32 Å². The number of esters is 1. The van der Waals surface area contributed by atoms with Crippen LogP contribution in [-0.2, 0) is 9.53 Å². The van der Waals surface area contributed by atoms with Crippen LogP contribution in [0.3, 0.4) is 0 Å². The summed E-state index contributed by atoms with van der Waals surface area (Å²) in [6.07, 6.45) is 1.94. The number of benzene rings is 1. The molecule has 0 saturated heterocycles. The molecular weight excluding hydrogens is 276 g/mol. The third-order valence-corrected chi connectivity index (χ3v) is 3.29. The largest absolute Gasteiger partial charge is 0.463 e. The van der Waals surface area contributed by atoms with Crippen molar-refractivity contribution in [3.63, 3.8) is 0 Å². The molecule has 1 aliphatic heterocycles. The van der Waals surface area contributed by atoms with E-state index < -0.39 is 5.97 Å². The average Bonchev–Trinajstić information content (AvgIpc) is 2.37. The Kier molecular flexibility index (Phi) is 4.35. The third kappa shape index (κ3) is 2.96. The van der Waals surface area contributed by atoms with Gasteiger partial charge < -0.3 is 15.8 Å². The second-order valence-corrected chi connectivity index (χ2v) is 4.99. The van der Waals surface area contributed by atoms with Crippen molar-refractivity contribution in [1.29, 1.82) is 0 Å². The van der Waals surface area contributed by atoms with Crippen molar-refractivity contribution in [3.05, 3.63) is 58.0 Å². The Hall–Kier alpha value is -1.94. The fourth-order valence-electron chi connectivity index (χ4n) is 2.23. The standard InChI is InChI=1S/C15H17ClN2O2/c1-3-20-15(19)13-12(7-9(2)18-14(13)17)10-5-4-6-11(16)8-10/h4-8,12,18H,3,17H2,1-2H3. The molecule has 1 atom stereocenters. The lowest BCUT2D eigenvalue weighted by molar-refractivity contribution is -0.138. The highest BCUT2D eigenvalue weighted by Gasteiger charge is 2.28. The molecule has 1 aliphatic rings. The van der Waals surface area contributed by atoms with Crippen LogP contribution in [0, 0.1) is 0 Å². The molecule has 0 amide bonds. The second kappa shape index (κ2) is 6.01. The van der Waals surface area contributed by atoms with Gasteiger partial charge in [-0.1, -0.05) is 29.8 Å². The van der Waals surface area contributed by atoms with Crippen LogP contribution < -0.4 is 11.1 Å². The van der Waals surface area contributed by atoms with Crippen LogP contribution in [0.25, 0.3) is 0 Å². The zero-order valence-electron chi connectivity index (χ0n) is 11.4. The molecule has 0 aromatic heterocycles. The summed E-state index contributed by atoms with van der Waals surface area (Å²) in [5, 5.41) is 3.59. The van der Waals surface area contributed by atoms with Crippen molar-refractivity contribution in [2.75, 3.05) is 6.61 Å². The van der Waals surface area contributed by atoms with E-state index in [0.29, 0.717) is 23.0 Å². The fraction of sp³-hybridized carbons (Fsp3) is 0.267. The number of carbonyl (C=O) groups excluding carboxylic acids is 1. The molecule has 0 fully saturated rings. The van der Waals surface area contributed by atoms with Gasteiger partial charge in [-0.2, -0.15) is 0 Å². The van der Waals surface area contributed by atoms with Gasteiger partial charge in [0.25, 0.3) is 0 Å². The smallest absolute Gasteiger partial charge is 0.338 e. The minimum Gasteiger partial charge on any atom is -0.463 e. The Bertz CT molecular complexity index is 593. The van der Waals surface area contributed by atoms with Gasteiger partial charge in [0.05, 0.1) is 12.2 Å². The number of dihydropyridines is 1. The molecule has 5 heteroatoms. The van der Waals surface area contributed by atoms with Gasteiger partial charge in [-0.15, -0.1) is 0 Å². The van der Waals surface area contributed by atoms with Gasteiger partial charge in [-0.25, -0.2) is 4.79 Å². The van der Waals surface area contributed by atoms with Crippen LogP contribution in [0.5, 0.6) is 0 Å². The van der Waals surface area contributed by atoms with Gasteiger partial charge in [-0.05, 0) is 31.5 Å². The molecular formula is C15H17ClN2O2. The molecule has 1 aromatic rings. The molecule has 0 bridgehead atoms. The van der Waals surface area contributed by atoms with Gasteiger partial charge in [0.1, 0.15) is 5.82 Å². The maximum atomic E-state index is 12.1. The number of ether oxygens (including phenoxy) is 1. The number of carbonyl (C=O) groups is 1. The molecule has 2 rings (SSSR count). The molecule has 1 heterocycles. The summed E-state index contributed by atoms with van der Waals surface area (Å²) in [4.78, 5) is 12.1. The lowest BCUT2D eigenvalue weighted by atomic mass is 9.88. The minimum absolute atomic E-state index is 0.256. The third-order valence-electron chi connectivity index (χ3n) is 3.05. The van der Waals surface area contributed by atoms with Crippen molar-refractivity contribution in [3.8, 4) is 0 Å². The first-order valence-corrected chi connectivity index (χ1v) is 6.78. The summed E-state index contributed by atoms with van der Waals surface area (Å²) in [5.41, 5.74) is 8.17. The van der Waals surface area contributed by atoms with Crippen LogP contribution in [0.4, 0.5) is 0 Å². The van der Waals surface area contributed by atoms with Gasteiger partial charge in [-0.3, -0.25) is 0 Å². The lowest BCUT2D eigenvalue weighted by Gasteiger charge is -2.25. The molecule has 0 aliphatic carbocycles. The van der Waals surface area contributed by atoms with Gasteiger partial charge in [0.2, 0.25) is 0 Å². The number of nitrogens with one attached hydrogen (secondary N) is 1. The first-order chi connectivity index (χ1) is 9.52. The number of hydrogen-bond donors (Lipinski definition) is 2. The molecule has 0 radical (unpaired) electrons. The van der Waals surface area contributed by atoms with Crippen LogP contribution in [0.15, 0.2) is 47.4 Å². The van der Waals surface area contributed by atoms with E-state index in [0.717, 1.165) is 11.3 Å². The Balaban J connectivity index is 2.46. The predicted octanol–water partition coefficient (Wildman–Crippen LogP) is 2.66. The van der Waals surface area contributed by atoms with Gasteiger partial charge in [0.15, 0.2) is 0 Å². The highest BCUT2D eigenvalue weighted by molar-refractivity contribution is 6.30. The first-order valence-electron chi connectivity index (χ1n) is 6.40. The first kappa shape index (κ1) is 14.5. The maximum absolute atomic E-state index is 12.1. The van der Waals surface area contributed by atoms with E-state index in [1.165, 1.54) is 0 Å². The molecule has 4 nitrogen and oxygen atoms in total. The van der Waals surface area contributed by atoms with E-state index >= 15 is 0 Å². The van der Waals surface area contributed by atoms with E-state index in [4.69, 9.17) is 22.1 Å². The van der Waals surface area contributed by atoms with Crippen molar-refractivity contribution in [1.82, 2.24) is 5.32 Å². The molecule has 1 aromatic carbocycles. The Morgan fingerprint density at radius 3 is 2.90 bits per heavy atom. The van der Waals surface area contributed by atoms with Crippen LogP contribution in [0.1, 0.15) is 25.3 Å². The second-order valence-electron chi connectivity index (χ2n) is 4.56. The number of nitrogens with two attached hydrogens (primary N) is 1. The van der Waals surface area contributed by atoms with Crippen LogP contribution >= 0.6 is 11.6 Å². The normalized spacial score (nSPS) is 18.4. The summed E-state index contributed by atoms with van der Waals surface area (Å²) in [6.45, 7) is 3.97. The van der Waals surface area contributed by atoms with Crippen molar-refractivity contribution >= 4 is 17.6 Å². The maximum Gasteiger partial charge on any atom is 0.338 e. The average molecular weight is 293 g/mol. The van der Waals surface area contributed by atoms with Crippen molar-refractivity contribution in [2.45, 2.75) is 19.8 Å². The topological polar surface area (TPSA) is 64.3 Å². The van der Waals surface area contributed by atoms with Gasteiger partial charge >= 0.3 is 5.97 Å². The fourth-order valence-corrected chi connectivity index (χ4v) is 2.43. The lowest BCUT2D eigenvalue weighted by Crippen LogP contribution is -2.31. The molecule has 20 heavy (non-hydrogen) atoms. The van der Waals surface area contributed by atoms with E-state index in [-0.39, 0.29) is 5.92 Å². The number of hydrogen-bond acceptors (Lipinski definition) is 4. The monoisotopic (exact) mass is 292 g/mol. The molecule has 0 spiro atoms. The highest BCUT2D eigenvalue weighted by Crippen LogP contribution is 2.32. The summed E-state index contributed by atoms with van der Waals surface area (Å²) in [6, 6.07) is 7.38. The van der Waals surface area contributed by atoms with Gasteiger partial charge in [0, 0.05) is 16.6 Å². The van der Waals surface area contributed by atoms with Crippen LogP contribution in [-0.4, -0.2) is 12.6 Å². The number of halogens is 1. The molecule has 1 unspecified atom stereocenters. The summed E-state index contributed by atoms with van der Waals surface area (Å²) in [7, 11) is 0. The zero-order chi connectivity index (χ0) is 14.7. The summed E-state index contributed by atoms with van der Waals surface area (Å²) < 4.78 is 5.09. The quantitative estimate of drug-likeness (QED) is 0.841. The summed E-state index contributed by atoms with van der Waals surface area (Å²) >= 11 is 6.03. The Labute approximate surface area is 123 Å². The Morgan fingerprint density at radius 1 is 1.50 bits per heavy atom. The number of allylic oxidation sites excluding steroid dienone is 2. The van der Waals surface area contributed by atoms with Crippen molar-refractivity contribution < 1.29 is 9.53 Å². The van der Waals surface area contributed by atoms with Crippen LogP contribution in [0.2, 0.25) is 5.02 Å². The summed E-state index contributed by atoms with van der Waals surface area (Å²) in [5.74, 6) is -0.339. The van der Waals surface area contributed by atoms with E-state index in [1.54, 1.807) is 13.0 Å². The molecule has 106 valence electrons. The minimum atomic E-state index is -0.411. The van der Waals surface area contributed by atoms with E-state index in [9.17, 15) is 4.79 Å². The zero-order valence-corrected chi connectivity index (χ0v) is 12.2. The number of rotatable bonds is 3. The highest BCUT2D eigenvalue weighted by atomic mass is 35.5. The molecule has 3 N–H and O–H groups in total. The molecule has 0 saturated carbocycles. The van der Waals surface area contributed by atoms with Crippen molar-refractivity contribution in [2.24, 2.45) is 5.73 Å². The Morgan fingerprint density at radius 2 is 2.25 bits per heavy atom.